The Morgan fingerprint density at radius 1 is 1.03 bits per heavy atom. The minimum atomic E-state index is 0. The molecule has 0 atom stereocenters. The second-order valence-electron chi connectivity index (χ2n) is 6.95. The quantitative estimate of drug-likeness (QED) is 0.195. The molecule has 0 spiro atoms. The van der Waals surface area contributed by atoms with Crippen molar-refractivity contribution in [3.63, 3.8) is 0 Å². The van der Waals surface area contributed by atoms with Gasteiger partial charge in [-0.15, -0.1) is 24.0 Å². The van der Waals surface area contributed by atoms with Crippen molar-refractivity contribution >= 4 is 29.9 Å². The van der Waals surface area contributed by atoms with Gasteiger partial charge < -0.3 is 24.8 Å². The SMILES string of the molecule is CCNC(=NCCCn1nc(C)cc1C)NCCc1c(OC)cc(OC)cc1OC.I. The number of methoxy groups -OCH3 is 3. The number of guanidine groups is 1. The zero-order valence-electron chi connectivity index (χ0n) is 19.4. The van der Waals surface area contributed by atoms with Crippen LogP contribution in [0.1, 0.15) is 30.3 Å². The number of rotatable bonds is 11. The Morgan fingerprint density at radius 3 is 2.23 bits per heavy atom. The van der Waals surface area contributed by atoms with Crippen LogP contribution in [0.25, 0.3) is 0 Å². The molecule has 0 saturated heterocycles. The van der Waals surface area contributed by atoms with E-state index in [0.29, 0.717) is 12.3 Å². The zero-order chi connectivity index (χ0) is 21.9. The van der Waals surface area contributed by atoms with Crippen LogP contribution in [0.15, 0.2) is 23.2 Å². The van der Waals surface area contributed by atoms with Crippen LogP contribution < -0.4 is 24.8 Å². The summed E-state index contributed by atoms with van der Waals surface area (Å²) < 4.78 is 18.4. The summed E-state index contributed by atoms with van der Waals surface area (Å²) in [4.78, 5) is 4.68. The fourth-order valence-electron chi connectivity index (χ4n) is 3.28. The molecule has 0 aliphatic heterocycles. The molecule has 0 amide bonds. The van der Waals surface area contributed by atoms with Gasteiger partial charge in [0.05, 0.1) is 27.0 Å². The van der Waals surface area contributed by atoms with Crippen LogP contribution >= 0.6 is 24.0 Å². The summed E-state index contributed by atoms with van der Waals surface area (Å²) in [5.74, 6) is 3.01. The highest BCUT2D eigenvalue weighted by atomic mass is 127. The highest BCUT2D eigenvalue weighted by Gasteiger charge is 2.13. The Hall–Kier alpha value is -2.17. The van der Waals surface area contributed by atoms with Gasteiger partial charge in [-0.2, -0.15) is 5.10 Å². The molecule has 1 aromatic carbocycles. The van der Waals surface area contributed by atoms with E-state index in [0.717, 1.165) is 61.2 Å². The first-order valence-corrected chi connectivity index (χ1v) is 10.3. The summed E-state index contributed by atoms with van der Waals surface area (Å²) in [6, 6.07) is 5.84. The minimum absolute atomic E-state index is 0. The van der Waals surface area contributed by atoms with E-state index in [-0.39, 0.29) is 24.0 Å². The lowest BCUT2D eigenvalue weighted by molar-refractivity contribution is 0.368. The molecule has 0 radical (unpaired) electrons. The number of nitrogens with one attached hydrogen (secondary N) is 2. The van der Waals surface area contributed by atoms with Gasteiger partial charge in [0.15, 0.2) is 5.96 Å². The summed E-state index contributed by atoms with van der Waals surface area (Å²) >= 11 is 0. The highest BCUT2D eigenvalue weighted by molar-refractivity contribution is 14.0. The largest absolute Gasteiger partial charge is 0.496 e. The standard InChI is InChI=1S/C22H35N5O3.HI/c1-7-23-22(24-10-8-12-27-17(3)13-16(2)26-27)25-11-9-19-20(29-5)14-18(28-4)15-21(19)30-6;/h13-15H,7-12H2,1-6H3,(H2,23,24,25);1H. The van der Waals surface area contributed by atoms with Crippen LogP contribution in [0.4, 0.5) is 0 Å². The maximum absolute atomic E-state index is 5.53. The van der Waals surface area contributed by atoms with Crippen LogP contribution in [0, 0.1) is 13.8 Å². The first-order valence-electron chi connectivity index (χ1n) is 10.3. The maximum atomic E-state index is 5.53. The van der Waals surface area contributed by atoms with Crippen LogP contribution in [0.2, 0.25) is 0 Å². The lowest BCUT2D eigenvalue weighted by atomic mass is 10.1. The number of aryl methyl sites for hydroxylation is 3. The number of ether oxygens (including phenoxy) is 3. The van der Waals surface area contributed by atoms with Crippen molar-refractivity contribution in [2.45, 2.75) is 40.2 Å². The predicted molar refractivity (Wildman–Crippen MR) is 136 cm³/mol. The molecule has 9 heteroatoms. The van der Waals surface area contributed by atoms with Gasteiger partial charge in [-0.25, -0.2) is 0 Å². The Morgan fingerprint density at radius 2 is 1.71 bits per heavy atom. The summed E-state index contributed by atoms with van der Waals surface area (Å²) in [5, 5.41) is 11.2. The summed E-state index contributed by atoms with van der Waals surface area (Å²) in [6.07, 6.45) is 1.66. The van der Waals surface area contributed by atoms with E-state index in [2.05, 4.69) is 40.6 Å². The fraction of sp³-hybridized carbons (Fsp3) is 0.545. The van der Waals surface area contributed by atoms with Gasteiger partial charge in [-0.3, -0.25) is 9.67 Å². The van der Waals surface area contributed by atoms with Crippen LogP contribution in [-0.4, -0.2) is 56.7 Å². The number of hydrogen-bond donors (Lipinski definition) is 2. The smallest absolute Gasteiger partial charge is 0.191 e. The second-order valence-corrected chi connectivity index (χ2v) is 6.95. The molecule has 1 aromatic heterocycles. The second kappa shape index (κ2) is 14.0. The molecular formula is C22H36IN5O3. The molecule has 2 aromatic rings. The third-order valence-corrected chi connectivity index (χ3v) is 4.73. The van der Waals surface area contributed by atoms with E-state index >= 15 is 0 Å². The first kappa shape index (κ1) is 26.9. The van der Waals surface area contributed by atoms with Gasteiger partial charge in [0.2, 0.25) is 0 Å². The zero-order valence-corrected chi connectivity index (χ0v) is 21.8. The first-order chi connectivity index (χ1) is 14.5. The molecule has 1 heterocycles. The molecule has 31 heavy (non-hydrogen) atoms. The number of nitrogens with zero attached hydrogens (tertiary/aromatic N) is 3. The average Bonchev–Trinajstić information content (AvgIpc) is 3.07. The van der Waals surface area contributed by atoms with Gasteiger partial charge in [-0.05, 0) is 39.7 Å². The minimum Gasteiger partial charge on any atom is -0.496 e. The number of halogens is 1. The van der Waals surface area contributed by atoms with Gasteiger partial charge in [0.25, 0.3) is 0 Å². The summed E-state index contributed by atoms with van der Waals surface area (Å²) in [5.41, 5.74) is 3.23. The van der Waals surface area contributed by atoms with Crippen molar-refractivity contribution in [2.24, 2.45) is 4.99 Å². The summed E-state index contributed by atoms with van der Waals surface area (Å²) in [6.45, 7) is 9.24. The normalized spacial score (nSPS) is 11.0. The van der Waals surface area contributed by atoms with Gasteiger partial charge in [0, 0.05) is 49.6 Å². The number of aliphatic imine (C=N–C) groups is 1. The van der Waals surface area contributed by atoms with Crippen molar-refractivity contribution in [1.29, 1.82) is 0 Å². The maximum Gasteiger partial charge on any atom is 0.191 e. The monoisotopic (exact) mass is 545 g/mol. The Balaban J connectivity index is 0.00000480. The predicted octanol–water partition coefficient (Wildman–Crippen LogP) is 3.33. The van der Waals surface area contributed by atoms with Crippen molar-refractivity contribution in [3.05, 3.63) is 35.2 Å². The molecule has 8 nitrogen and oxygen atoms in total. The van der Waals surface area contributed by atoms with Crippen molar-refractivity contribution in [3.8, 4) is 17.2 Å². The Labute approximate surface area is 202 Å². The van der Waals surface area contributed by atoms with Gasteiger partial charge in [-0.1, -0.05) is 0 Å². The van der Waals surface area contributed by atoms with E-state index in [1.807, 2.05) is 23.7 Å². The summed E-state index contributed by atoms with van der Waals surface area (Å²) in [7, 11) is 4.93. The van der Waals surface area contributed by atoms with Crippen LogP contribution in [0.5, 0.6) is 17.2 Å². The van der Waals surface area contributed by atoms with Crippen LogP contribution in [-0.2, 0) is 13.0 Å². The van der Waals surface area contributed by atoms with Crippen LogP contribution in [0.3, 0.4) is 0 Å². The van der Waals surface area contributed by atoms with E-state index in [4.69, 9.17) is 14.2 Å². The molecule has 0 bridgehead atoms. The molecule has 0 saturated carbocycles. The topological polar surface area (TPSA) is 81.9 Å². The number of aromatic nitrogens is 2. The molecule has 0 aliphatic rings. The molecule has 0 fully saturated rings. The number of benzene rings is 1. The lowest BCUT2D eigenvalue weighted by Crippen LogP contribution is -2.38. The van der Waals surface area contributed by atoms with E-state index < -0.39 is 0 Å². The van der Waals surface area contributed by atoms with E-state index in [9.17, 15) is 0 Å². The average molecular weight is 545 g/mol. The molecule has 2 rings (SSSR count). The van der Waals surface area contributed by atoms with Crippen molar-refractivity contribution in [2.75, 3.05) is 41.0 Å². The Kier molecular flexibility index (Phi) is 12.1. The van der Waals surface area contributed by atoms with E-state index in [1.165, 1.54) is 5.69 Å². The third kappa shape index (κ3) is 8.12. The molecule has 2 N–H and O–H groups in total. The number of hydrogen-bond acceptors (Lipinski definition) is 5. The third-order valence-electron chi connectivity index (χ3n) is 4.73. The van der Waals surface area contributed by atoms with Crippen molar-refractivity contribution < 1.29 is 14.2 Å². The Bertz CT molecular complexity index is 814. The van der Waals surface area contributed by atoms with Gasteiger partial charge >= 0.3 is 0 Å². The van der Waals surface area contributed by atoms with Crippen molar-refractivity contribution in [1.82, 2.24) is 20.4 Å². The molecule has 0 aliphatic carbocycles. The highest BCUT2D eigenvalue weighted by Crippen LogP contribution is 2.34. The van der Waals surface area contributed by atoms with E-state index in [1.54, 1.807) is 21.3 Å². The molecular weight excluding hydrogens is 509 g/mol. The molecule has 0 unspecified atom stereocenters. The van der Waals surface area contributed by atoms with Gasteiger partial charge in [0.1, 0.15) is 17.2 Å². The lowest BCUT2D eigenvalue weighted by Gasteiger charge is -2.16. The molecule has 174 valence electrons. The fourth-order valence-corrected chi connectivity index (χ4v) is 3.28.